The number of para-hydroxylation sites is 1. The number of rotatable bonds is 5. The molecule has 5 nitrogen and oxygen atoms in total. The van der Waals surface area contributed by atoms with Crippen molar-refractivity contribution in [1.29, 1.82) is 0 Å². The fourth-order valence-electron chi connectivity index (χ4n) is 2.42. The fourth-order valence-corrected chi connectivity index (χ4v) is 2.88. The minimum absolute atomic E-state index is 0.200. The van der Waals surface area contributed by atoms with Gasteiger partial charge < -0.3 is 9.30 Å². The van der Waals surface area contributed by atoms with Crippen molar-refractivity contribution in [3.05, 3.63) is 64.3 Å². The average Bonchev–Trinajstić information content (AvgIpc) is 2.91. The van der Waals surface area contributed by atoms with Gasteiger partial charge in [0.15, 0.2) is 6.61 Å². The van der Waals surface area contributed by atoms with Crippen LogP contribution in [0.2, 0.25) is 10.0 Å². The topological polar surface area (TPSA) is 55.6 Å². The lowest BCUT2D eigenvalue weighted by atomic mass is 10.2. The molecule has 0 saturated carbocycles. The molecule has 0 atom stereocenters. The van der Waals surface area contributed by atoms with Crippen molar-refractivity contribution in [3.63, 3.8) is 0 Å². The van der Waals surface area contributed by atoms with E-state index < -0.39 is 0 Å². The molecule has 128 valence electrons. The largest absolute Gasteiger partial charge is 0.482 e. The molecule has 0 aliphatic carbocycles. The molecule has 0 bridgehead atoms. The average molecular weight is 376 g/mol. The van der Waals surface area contributed by atoms with Crippen LogP contribution >= 0.6 is 23.2 Å². The summed E-state index contributed by atoms with van der Waals surface area (Å²) in [6.07, 6.45) is 3.56. The molecule has 1 heterocycles. The van der Waals surface area contributed by atoms with Crippen molar-refractivity contribution in [2.45, 2.75) is 0 Å². The number of fused-ring (bicyclic) bond motifs is 1. The Labute approximate surface area is 154 Å². The minimum Gasteiger partial charge on any atom is -0.482 e. The molecule has 25 heavy (non-hydrogen) atoms. The van der Waals surface area contributed by atoms with Gasteiger partial charge in [-0.3, -0.25) is 4.79 Å². The summed E-state index contributed by atoms with van der Waals surface area (Å²) in [7, 11) is 1.96. The van der Waals surface area contributed by atoms with Crippen LogP contribution < -0.4 is 10.2 Å². The molecule has 0 radical (unpaired) electrons. The second kappa shape index (κ2) is 7.59. The molecule has 3 rings (SSSR count). The van der Waals surface area contributed by atoms with Crippen LogP contribution in [0.3, 0.4) is 0 Å². The Bertz CT molecular complexity index is 951. The molecule has 2 aromatic carbocycles. The Kier molecular flexibility index (Phi) is 5.26. The number of hydrogen-bond donors (Lipinski definition) is 1. The molecule has 1 N–H and O–H groups in total. The number of carbonyl (C=O) groups is 1. The van der Waals surface area contributed by atoms with E-state index >= 15 is 0 Å². The summed E-state index contributed by atoms with van der Waals surface area (Å²) in [5.41, 5.74) is 4.44. The smallest absolute Gasteiger partial charge is 0.277 e. The van der Waals surface area contributed by atoms with E-state index in [-0.39, 0.29) is 12.5 Å². The number of hydrogen-bond acceptors (Lipinski definition) is 3. The van der Waals surface area contributed by atoms with Gasteiger partial charge in [-0.15, -0.1) is 0 Å². The maximum atomic E-state index is 11.8. The SMILES string of the molecule is Cn1cc(/C=N\NC(=O)COc2ccc(Cl)cc2Cl)c2ccccc21. The monoisotopic (exact) mass is 375 g/mol. The lowest BCUT2D eigenvalue weighted by molar-refractivity contribution is -0.123. The van der Waals surface area contributed by atoms with Crippen LogP contribution in [-0.4, -0.2) is 23.3 Å². The van der Waals surface area contributed by atoms with Crippen molar-refractivity contribution in [2.75, 3.05) is 6.61 Å². The Balaban J connectivity index is 1.59. The maximum Gasteiger partial charge on any atom is 0.277 e. The highest BCUT2D eigenvalue weighted by molar-refractivity contribution is 6.35. The van der Waals surface area contributed by atoms with Crippen LogP contribution in [0.4, 0.5) is 0 Å². The van der Waals surface area contributed by atoms with Crippen LogP contribution in [0, 0.1) is 0 Å². The second-order valence-corrected chi connectivity index (χ2v) is 6.21. The first-order valence-corrected chi connectivity index (χ1v) is 8.24. The van der Waals surface area contributed by atoms with E-state index in [4.69, 9.17) is 27.9 Å². The van der Waals surface area contributed by atoms with Crippen molar-refractivity contribution in [3.8, 4) is 5.75 Å². The standard InChI is InChI=1S/C18H15Cl2N3O2/c1-23-10-12(14-4-2-3-5-16(14)23)9-21-22-18(24)11-25-17-7-6-13(19)8-15(17)20/h2-10H,11H2,1H3,(H,22,24)/b21-9-. The minimum atomic E-state index is -0.387. The van der Waals surface area contributed by atoms with Crippen LogP contribution in [0.1, 0.15) is 5.56 Å². The summed E-state index contributed by atoms with van der Waals surface area (Å²) in [4.78, 5) is 11.8. The van der Waals surface area contributed by atoms with Gasteiger partial charge >= 0.3 is 0 Å². The molecular weight excluding hydrogens is 361 g/mol. The first-order chi connectivity index (χ1) is 12.0. The molecule has 0 unspecified atom stereocenters. The summed E-state index contributed by atoms with van der Waals surface area (Å²) in [5, 5.41) is 5.89. The van der Waals surface area contributed by atoms with Crippen molar-refractivity contribution in [1.82, 2.24) is 9.99 Å². The van der Waals surface area contributed by atoms with Gasteiger partial charge in [0.1, 0.15) is 5.75 Å². The zero-order valence-electron chi connectivity index (χ0n) is 13.4. The lowest BCUT2D eigenvalue weighted by Gasteiger charge is -2.06. The maximum absolute atomic E-state index is 11.8. The summed E-state index contributed by atoms with van der Waals surface area (Å²) >= 11 is 11.8. The number of aromatic nitrogens is 1. The van der Waals surface area contributed by atoms with E-state index in [1.54, 1.807) is 24.4 Å². The fraction of sp³-hybridized carbons (Fsp3) is 0.111. The number of hydrazone groups is 1. The number of carbonyl (C=O) groups excluding carboxylic acids is 1. The number of halogens is 2. The van der Waals surface area contributed by atoms with Gasteiger partial charge in [-0.1, -0.05) is 41.4 Å². The van der Waals surface area contributed by atoms with Gasteiger partial charge in [0.25, 0.3) is 5.91 Å². The van der Waals surface area contributed by atoms with Crippen LogP contribution in [0.5, 0.6) is 5.75 Å². The Hall–Kier alpha value is -2.50. The first-order valence-electron chi connectivity index (χ1n) is 7.48. The number of benzene rings is 2. The van der Waals surface area contributed by atoms with Gasteiger partial charge in [-0.05, 0) is 24.3 Å². The van der Waals surface area contributed by atoms with Crippen LogP contribution in [0.15, 0.2) is 53.8 Å². The zero-order valence-corrected chi connectivity index (χ0v) is 14.9. The summed E-state index contributed by atoms with van der Waals surface area (Å²) in [6, 6.07) is 12.8. The number of ether oxygens (including phenoxy) is 1. The molecule has 0 fully saturated rings. The third-order valence-electron chi connectivity index (χ3n) is 3.57. The highest BCUT2D eigenvalue weighted by Crippen LogP contribution is 2.27. The number of nitrogens with one attached hydrogen (secondary N) is 1. The van der Waals surface area contributed by atoms with Gasteiger partial charge in [0.05, 0.1) is 11.2 Å². The first kappa shape index (κ1) is 17.3. The lowest BCUT2D eigenvalue weighted by Crippen LogP contribution is -2.24. The molecule has 3 aromatic rings. The van der Waals surface area contributed by atoms with Gasteiger partial charge in [-0.2, -0.15) is 5.10 Å². The van der Waals surface area contributed by atoms with Crippen molar-refractivity contribution >= 4 is 46.2 Å². The number of aryl methyl sites for hydroxylation is 1. The second-order valence-electron chi connectivity index (χ2n) is 5.37. The normalized spacial score (nSPS) is 11.2. The molecule has 7 heteroatoms. The van der Waals surface area contributed by atoms with Gasteiger partial charge in [-0.25, -0.2) is 5.43 Å². The van der Waals surface area contributed by atoms with E-state index in [2.05, 4.69) is 10.5 Å². The van der Waals surface area contributed by atoms with E-state index in [0.29, 0.717) is 15.8 Å². The Morgan fingerprint density at radius 2 is 2.08 bits per heavy atom. The zero-order chi connectivity index (χ0) is 17.8. The Morgan fingerprint density at radius 1 is 1.28 bits per heavy atom. The van der Waals surface area contributed by atoms with Crippen LogP contribution in [-0.2, 0) is 11.8 Å². The summed E-state index contributed by atoms with van der Waals surface area (Å²) in [6.45, 7) is -0.200. The predicted molar refractivity (Wildman–Crippen MR) is 101 cm³/mol. The van der Waals surface area contributed by atoms with Gasteiger partial charge in [0, 0.05) is 34.7 Å². The predicted octanol–water partition coefficient (Wildman–Crippen LogP) is 4.01. The third kappa shape index (κ3) is 4.13. The van der Waals surface area contributed by atoms with E-state index in [9.17, 15) is 4.79 Å². The molecule has 0 saturated heterocycles. The van der Waals surface area contributed by atoms with Gasteiger partial charge in [0.2, 0.25) is 0 Å². The third-order valence-corrected chi connectivity index (χ3v) is 4.10. The van der Waals surface area contributed by atoms with Crippen LogP contribution in [0.25, 0.3) is 10.9 Å². The molecular formula is C18H15Cl2N3O2. The summed E-state index contributed by atoms with van der Waals surface area (Å²) in [5.74, 6) is 0.00162. The molecule has 0 spiro atoms. The summed E-state index contributed by atoms with van der Waals surface area (Å²) < 4.78 is 7.35. The quantitative estimate of drug-likeness (QED) is 0.540. The molecule has 0 aliphatic rings. The molecule has 0 aliphatic heterocycles. The molecule has 1 aromatic heterocycles. The van der Waals surface area contributed by atoms with Crippen molar-refractivity contribution in [2.24, 2.45) is 12.1 Å². The van der Waals surface area contributed by atoms with E-state index in [0.717, 1.165) is 16.5 Å². The number of amides is 1. The number of nitrogens with zero attached hydrogens (tertiary/aromatic N) is 2. The highest BCUT2D eigenvalue weighted by atomic mass is 35.5. The van der Waals surface area contributed by atoms with E-state index in [1.807, 2.05) is 42.1 Å². The highest BCUT2D eigenvalue weighted by Gasteiger charge is 2.06. The Morgan fingerprint density at radius 3 is 2.88 bits per heavy atom. The molecule has 1 amide bonds. The van der Waals surface area contributed by atoms with E-state index in [1.165, 1.54) is 0 Å². The van der Waals surface area contributed by atoms with Crippen molar-refractivity contribution < 1.29 is 9.53 Å².